The number of nitrogens with zero attached hydrogens (tertiary/aromatic N) is 4. The third kappa shape index (κ3) is 4.53. The van der Waals surface area contributed by atoms with Crippen molar-refractivity contribution in [2.75, 3.05) is 36.0 Å². The topological polar surface area (TPSA) is 90.8 Å². The number of phenols is 1. The van der Waals surface area contributed by atoms with E-state index in [2.05, 4.69) is 10.2 Å². The van der Waals surface area contributed by atoms with E-state index in [1.165, 1.54) is 6.07 Å². The number of phenolic OH excluding ortho intramolecular Hbond substituents is 1. The molecule has 0 saturated carbocycles. The maximum atomic E-state index is 14.8. The van der Waals surface area contributed by atoms with Crippen LogP contribution in [0.25, 0.3) is 10.8 Å². The third-order valence-corrected chi connectivity index (χ3v) is 7.97. The van der Waals surface area contributed by atoms with Crippen molar-refractivity contribution in [3.05, 3.63) is 46.9 Å². The maximum absolute atomic E-state index is 14.8. The highest BCUT2D eigenvalue weighted by Gasteiger charge is 2.37. The van der Waals surface area contributed by atoms with Gasteiger partial charge in [-0.25, -0.2) is 4.39 Å². The van der Waals surface area contributed by atoms with Crippen molar-refractivity contribution in [3.8, 4) is 11.8 Å². The molecule has 0 radical (unpaired) electrons. The summed E-state index contributed by atoms with van der Waals surface area (Å²) in [5.41, 5.74) is 2.08. The molecule has 200 valence electrons. The molecule has 2 fully saturated rings. The van der Waals surface area contributed by atoms with Gasteiger partial charge in [-0.3, -0.25) is 4.79 Å². The lowest BCUT2D eigenvalue weighted by molar-refractivity contribution is 0.0997. The van der Waals surface area contributed by atoms with Crippen LogP contribution in [0.5, 0.6) is 11.8 Å². The van der Waals surface area contributed by atoms with Crippen molar-refractivity contribution in [3.63, 3.8) is 0 Å². The SMILES string of the molecule is CCc1c(F)ccc2cc(O)cc(N3Cc4nc(OC[C@H]5CCCN5)nc(N5CCCCCC5)c4C3=O)c12. The highest BCUT2D eigenvalue weighted by molar-refractivity contribution is 6.16. The summed E-state index contributed by atoms with van der Waals surface area (Å²) in [6.07, 6.45) is 7.02. The van der Waals surface area contributed by atoms with Crippen LogP contribution in [0.3, 0.4) is 0 Å². The van der Waals surface area contributed by atoms with E-state index in [-0.39, 0.29) is 36.1 Å². The first-order valence-corrected chi connectivity index (χ1v) is 13.8. The number of halogens is 1. The predicted molar refractivity (Wildman–Crippen MR) is 145 cm³/mol. The van der Waals surface area contributed by atoms with Gasteiger partial charge in [0.25, 0.3) is 5.91 Å². The molecule has 1 amide bonds. The molecule has 8 nitrogen and oxygen atoms in total. The fraction of sp³-hybridized carbons (Fsp3) is 0.483. The molecule has 3 aliphatic rings. The number of fused-ring (bicyclic) bond motifs is 2. The zero-order chi connectivity index (χ0) is 26.2. The van der Waals surface area contributed by atoms with Gasteiger partial charge in [0.15, 0.2) is 0 Å². The number of hydrogen-bond donors (Lipinski definition) is 2. The number of hydrogen-bond acceptors (Lipinski definition) is 7. The lowest BCUT2D eigenvalue weighted by atomic mass is 9.99. The van der Waals surface area contributed by atoms with E-state index in [1.807, 2.05) is 6.92 Å². The molecule has 3 aromatic rings. The first-order chi connectivity index (χ1) is 18.5. The third-order valence-electron chi connectivity index (χ3n) is 7.97. The average molecular weight is 520 g/mol. The van der Waals surface area contributed by atoms with Gasteiger partial charge in [-0.05, 0) is 61.7 Å². The summed E-state index contributed by atoms with van der Waals surface area (Å²) in [5.74, 6) is 0.0841. The molecule has 4 heterocycles. The van der Waals surface area contributed by atoms with Crippen molar-refractivity contribution >= 4 is 28.2 Å². The lowest BCUT2D eigenvalue weighted by Crippen LogP contribution is -2.30. The van der Waals surface area contributed by atoms with Crippen LogP contribution in [0.1, 0.15) is 67.1 Å². The molecule has 6 rings (SSSR count). The maximum Gasteiger partial charge on any atom is 0.318 e. The van der Waals surface area contributed by atoms with E-state index >= 15 is 0 Å². The standard InChI is InChI=1S/C29H34FN5O3/c1-2-21-22(30)10-9-18-14-20(36)15-24(25(18)21)35-16-23-26(28(35)37)27(34-12-5-3-4-6-13-34)33-29(32-23)38-17-19-8-7-11-31-19/h9-10,14-15,19,31,36H,2-8,11-13,16-17H2,1H3/t19-/m1/s1. The van der Waals surface area contributed by atoms with Crippen LogP contribution in [-0.4, -0.2) is 53.3 Å². The Morgan fingerprint density at radius 1 is 1.13 bits per heavy atom. The van der Waals surface area contributed by atoms with Crippen LogP contribution in [0.4, 0.5) is 15.9 Å². The fourth-order valence-corrected chi connectivity index (χ4v) is 6.04. The first-order valence-electron chi connectivity index (χ1n) is 13.8. The van der Waals surface area contributed by atoms with E-state index in [1.54, 1.807) is 23.1 Å². The molecule has 38 heavy (non-hydrogen) atoms. The van der Waals surface area contributed by atoms with E-state index in [0.29, 0.717) is 52.1 Å². The number of aromatic hydroxyl groups is 1. The van der Waals surface area contributed by atoms with E-state index in [9.17, 15) is 14.3 Å². The molecule has 1 atom stereocenters. The van der Waals surface area contributed by atoms with Gasteiger partial charge in [0.05, 0.1) is 17.9 Å². The van der Waals surface area contributed by atoms with Crippen LogP contribution < -0.4 is 19.9 Å². The number of rotatable bonds is 6. The van der Waals surface area contributed by atoms with Gasteiger partial charge in [-0.2, -0.15) is 9.97 Å². The quantitative estimate of drug-likeness (QED) is 0.488. The number of carbonyl (C=O) groups excluding carboxylic acids is 1. The Balaban J connectivity index is 1.43. The van der Waals surface area contributed by atoms with Crippen molar-refractivity contribution in [1.82, 2.24) is 15.3 Å². The Hall–Kier alpha value is -3.46. The summed E-state index contributed by atoms with van der Waals surface area (Å²) in [5, 5.41) is 15.3. The molecule has 0 aliphatic carbocycles. The summed E-state index contributed by atoms with van der Waals surface area (Å²) in [6, 6.07) is 6.77. The minimum Gasteiger partial charge on any atom is -0.508 e. The number of aryl methyl sites for hydroxylation is 1. The second kappa shape index (κ2) is 10.4. The summed E-state index contributed by atoms with van der Waals surface area (Å²) in [4.78, 5) is 27.3. The summed E-state index contributed by atoms with van der Waals surface area (Å²) >= 11 is 0. The highest BCUT2D eigenvalue weighted by atomic mass is 19.1. The van der Waals surface area contributed by atoms with Crippen molar-refractivity contribution in [2.24, 2.45) is 0 Å². The van der Waals surface area contributed by atoms with E-state index < -0.39 is 0 Å². The minimum absolute atomic E-state index is 0.0248. The Bertz CT molecular complexity index is 1370. The molecule has 2 N–H and O–H groups in total. The molecule has 3 aliphatic heterocycles. The van der Waals surface area contributed by atoms with Crippen LogP contribution >= 0.6 is 0 Å². The summed E-state index contributed by atoms with van der Waals surface area (Å²) < 4.78 is 20.9. The van der Waals surface area contributed by atoms with Crippen LogP contribution in [0.15, 0.2) is 24.3 Å². The number of amides is 1. The number of nitrogens with one attached hydrogen (secondary N) is 1. The van der Waals surface area contributed by atoms with Gasteiger partial charge in [0.2, 0.25) is 0 Å². The van der Waals surface area contributed by atoms with Crippen molar-refractivity contribution < 1.29 is 19.0 Å². The first kappa shape index (κ1) is 24.9. The fourth-order valence-electron chi connectivity index (χ4n) is 6.04. The zero-order valence-electron chi connectivity index (χ0n) is 21.8. The summed E-state index contributed by atoms with van der Waals surface area (Å²) in [7, 11) is 0. The lowest BCUT2D eigenvalue weighted by Gasteiger charge is -2.24. The summed E-state index contributed by atoms with van der Waals surface area (Å²) in [6.45, 7) is 5.20. The molecule has 9 heteroatoms. The van der Waals surface area contributed by atoms with Gasteiger partial charge in [0.1, 0.15) is 29.6 Å². The second-order valence-corrected chi connectivity index (χ2v) is 10.5. The molecular formula is C29H34FN5O3. The number of carbonyl (C=O) groups is 1. The normalized spacial score (nSPS) is 19.7. The highest BCUT2D eigenvalue weighted by Crippen LogP contribution is 2.41. The molecule has 2 saturated heterocycles. The van der Waals surface area contributed by atoms with Gasteiger partial charge in [-0.15, -0.1) is 0 Å². The van der Waals surface area contributed by atoms with Crippen molar-refractivity contribution in [2.45, 2.75) is 64.5 Å². The molecule has 0 spiro atoms. The Morgan fingerprint density at radius 3 is 2.68 bits per heavy atom. The molecule has 0 unspecified atom stereocenters. The van der Waals surface area contributed by atoms with Crippen LogP contribution in [0.2, 0.25) is 0 Å². The molecular weight excluding hydrogens is 485 g/mol. The zero-order valence-corrected chi connectivity index (χ0v) is 21.8. The Morgan fingerprint density at radius 2 is 1.95 bits per heavy atom. The monoisotopic (exact) mass is 519 g/mol. The largest absolute Gasteiger partial charge is 0.508 e. The van der Waals surface area contributed by atoms with Gasteiger partial charge in [-0.1, -0.05) is 25.8 Å². The van der Waals surface area contributed by atoms with E-state index in [4.69, 9.17) is 14.7 Å². The van der Waals surface area contributed by atoms with E-state index in [0.717, 1.165) is 58.2 Å². The minimum atomic E-state index is -0.322. The smallest absolute Gasteiger partial charge is 0.318 e. The number of anilines is 2. The molecule has 0 bridgehead atoms. The predicted octanol–water partition coefficient (Wildman–Crippen LogP) is 4.71. The van der Waals surface area contributed by atoms with Gasteiger partial charge >= 0.3 is 6.01 Å². The molecule has 2 aromatic carbocycles. The van der Waals surface area contributed by atoms with Crippen LogP contribution in [-0.2, 0) is 13.0 Å². The molecule has 1 aromatic heterocycles. The van der Waals surface area contributed by atoms with Crippen molar-refractivity contribution in [1.29, 1.82) is 0 Å². The second-order valence-electron chi connectivity index (χ2n) is 10.5. The van der Waals surface area contributed by atoms with Crippen LogP contribution in [0, 0.1) is 5.82 Å². The number of benzene rings is 2. The number of aromatic nitrogens is 2. The van der Waals surface area contributed by atoms with Gasteiger partial charge < -0.3 is 25.0 Å². The Labute approximate surface area is 221 Å². The number of ether oxygens (including phenoxy) is 1. The van der Waals surface area contributed by atoms with Gasteiger partial charge in [0, 0.05) is 30.6 Å². The Kier molecular flexibility index (Phi) is 6.78. The average Bonchev–Trinajstić information content (AvgIpc) is 3.45.